The van der Waals surface area contributed by atoms with Crippen molar-refractivity contribution in [1.82, 2.24) is 5.32 Å². The van der Waals surface area contributed by atoms with Crippen LogP contribution >= 0.6 is 11.3 Å². The summed E-state index contributed by atoms with van der Waals surface area (Å²) in [6.45, 7) is 2.00. The quantitative estimate of drug-likeness (QED) is 0.423. The first kappa shape index (κ1) is 13.5. The number of nitrogens with two attached hydrogens (primary N) is 1. The van der Waals surface area contributed by atoms with Crippen LogP contribution in [0.2, 0.25) is 0 Å². The molecule has 0 fully saturated rings. The molecule has 1 aliphatic carbocycles. The zero-order valence-electron chi connectivity index (χ0n) is 10.5. The van der Waals surface area contributed by atoms with E-state index in [-0.39, 0.29) is 0 Å². The van der Waals surface area contributed by atoms with Crippen molar-refractivity contribution >= 4 is 21.9 Å². The highest BCUT2D eigenvalue weighted by molar-refractivity contribution is 7.17. The third-order valence-corrected chi connectivity index (χ3v) is 4.63. The van der Waals surface area contributed by atoms with E-state index in [1.807, 2.05) is 14.0 Å². The lowest BCUT2D eigenvalue weighted by atomic mass is 9.87. The van der Waals surface area contributed by atoms with Crippen LogP contribution in [0.4, 0.5) is 5.00 Å². The minimum absolute atomic E-state index is 0.315. The maximum absolute atomic E-state index is 9.66. The molecular weight excluding hydrogens is 250 g/mol. The maximum atomic E-state index is 9.66. The van der Waals surface area contributed by atoms with Gasteiger partial charge in [0, 0.05) is 16.5 Å². The summed E-state index contributed by atoms with van der Waals surface area (Å²) in [4.78, 5) is 1.10. The predicted molar refractivity (Wildman–Crippen MR) is 73.7 cm³/mol. The first-order chi connectivity index (χ1) is 8.63. The van der Waals surface area contributed by atoms with Crippen LogP contribution in [-0.2, 0) is 6.42 Å². The van der Waals surface area contributed by atoms with E-state index in [1.54, 1.807) is 0 Å². The zero-order valence-corrected chi connectivity index (χ0v) is 11.3. The number of fused-ring (bicyclic) bond motifs is 1. The molecule has 1 heterocycles. The van der Waals surface area contributed by atoms with E-state index in [0.717, 1.165) is 23.3 Å². The Kier molecular flexibility index (Phi) is 4.04. The second-order valence-corrected chi connectivity index (χ2v) is 5.35. The number of aliphatic hydroxyl groups excluding tert-OH is 1. The molecule has 1 aromatic rings. The first-order valence-corrected chi connectivity index (χ1v) is 6.78. The van der Waals surface area contributed by atoms with Gasteiger partial charge < -0.3 is 16.2 Å². The second-order valence-electron chi connectivity index (χ2n) is 4.33. The third kappa shape index (κ3) is 2.06. The Labute approximate surface area is 110 Å². The van der Waals surface area contributed by atoms with Gasteiger partial charge >= 0.3 is 0 Å². The number of aliphatic hydroxyl groups is 1. The zero-order chi connectivity index (χ0) is 13.3. The van der Waals surface area contributed by atoms with Crippen LogP contribution in [-0.4, -0.2) is 23.4 Å². The van der Waals surface area contributed by atoms with E-state index < -0.39 is 6.23 Å². The Balaban J connectivity index is 2.55. The number of anilines is 1. The Morgan fingerprint density at radius 1 is 1.56 bits per heavy atom. The van der Waals surface area contributed by atoms with Crippen molar-refractivity contribution in [3.05, 3.63) is 22.1 Å². The van der Waals surface area contributed by atoms with Crippen molar-refractivity contribution < 1.29 is 10.3 Å². The Hall–Kier alpha value is -0.920. The van der Waals surface area contributed by atoms with E-state index >= 15 is 0 Å². The fourth-order valence-corrected chi connectivity index (χ4v) is 3.91. The monoisotopic (exact) mass is 269 g/mol. The largest absolute Gasteiger partial charge is 0.374 e. The maximum Gasteiger partial charge on any atom is 0.131 e. The lowest BCUT2D eigenvalue weighted by molar-refractivity contribution is 0.185. The summed E-state index contributed by atoms with van der Waals surface area (Å²) in [6.07, 6.45) is 2.82. The SMILES string of the molecule is C/C=C1/c2sc(NO)c(C(N)O)c2CCC1NC. The number of allylic oxidation sites excluding steroid dienone is 1. The Bertz CT molecular complexity index is 468. The molecule has 0 spiro atoms. The number of hydrogen-bond acceptors (Lipinski definition) is 6. The van der Waals surface area contributed by atoms with E-state index in [9.17, 15) is 5.11 Å². The van der Waals surface area contributed by atoms with Gasteiger partial charge in [-0.25, -0.2) is 0 Å². The number of hydrogen-bond donors (Lipinski definition) is 5. The molecule has 0 radical (unpaired) electrons. The van der Waals surface area contributed by atoms with Crippen LogP contribution in [0.3, 0.4) is 0 Å². The van der Waals surface area contributed by atoms with Gasteiger partial charge in [-0.2, -0.15) is 0 Å². The summed E-state index contributed by atoms with van der Waals surface area (Å²) < 4.78 is 0. The highest BCUT2D eigenvalue weighted by Gasteiger charge is 2.30. The molecule has 5 nitrogen and oxygen atoms in total. The molecule has 6 heteroatoms. The minimum atomic E-state index is -1.07. The molecule has 0 aromatic carbocycles. The lowest BCUT2D eigenvalue weighted by Crippen LogP contribution is -2.30. The van der Waals surface area contributed by atoms with Crippen molar-refractivity contribution in [3.8, 4) is 0 Å². The molecule has 0 bridgehead atoms. The van der Waals surface area contributed by atoms with Gasteiger partial charge in [0.25, 0.3) is 0 Å². The molecule has 0 saturated heterocycles. The number of likely N-dealkylation sites (N-methyl/N-ethyl adjacent to an activating group) is 1. The smallest absolute Gasteiger partial charge is 0.131 e. The standard InChI is InChI=1S/C12H19N3O2S/c1-3-6-8(14-2)5-4-7-9(11(13)16)12(15-17)18-10(6)7/h3,8,11,14-17H,4-5,13H2,1-2H3/b6-3+. The third-order valence-electron chi connectivity index (χ3n) is 3.43. The summed E-state index contributed by atoms with van der Waals surface area (Å²) >= 11 is 1.43. The van der Waals surface area contributed by atoms with Crippen LogP contribution in [0.5, 0.6) is 0 Å². The normalized spacial score (nSPS) is 22.9. The minimum Gasteiger partial charge on any atom is -0.374 e. The van der Waals surface area contributed by atoms with Gasteiger partial charge in [-0.1, -0.05) is 6.08 Å². The highest BCUT2D eigenvalue weighted by Crippen LogP contribution is 2.44. The fraction of sp³-hybridized carbons (Fsp3) is 0.500. The number of rotatable bonds is 3. The molecule has 0 saturated carbocycles. The molecule has 100 valence electrons. The van der Waals surface area contributed by atoms with Crippen molar-refractivity contribution in [2.75, 3.05) is 12.5 Å². The Morgan fingerprint density at radius 3 is 2.78 bits per heavy atom. The predicted octanol–water partition coefficient (Wildman–Crippen LogP) is 1.44. The summed E-state index contributed by atoms with van der Waals surface area (Å²) in [5.74, 6) is 0. The second kappa shape index (κ2) is 5.38. The van der Waals surface area contributed by atoms with E-state index in [0.29, 0.717) is 16.6 Å². The highest BCUT2D eigenvalue weighted by atomic mass is 32.1. The number of nitrogens with one attached hydrogen (secondary N) is 2. The molecule has 2 atom stereocenters. The summed E-state index contributed by atoms with van der Waals surface area (Å²) in [6, 6.07) is 0.315. The Morgan fingerprint density at radius 2 is 2.28 bits per heavy atom. The molecule has 18 heavy (non-hydrogen) atoms. The van der Waals surface area contributed by atoms with E-state index in [4.69, 9.17) is 10.9 Å². The molecular formula is C12H19N3O2S. The molecule has 0 aliphatic heterocycles. The van der Waals surface area contributed by atoms with Gasteiger partial charge in [0.15, 0.2) is 0 Å². The van der Waals surface area contributed by atoms with Crippen LogP contribution < -0.4 is 16.5 Å². The molecule has 2 rings (SSSR count). The summed E-state index contributed by atoms with van der Waals surface area (Å²) in [5, 5.41) is 22.6. The van der Waals surface area contributed by atoms with Crippen LogP contribution in [0.15, 0.2) is 6.08 Å². The van der Waals surface area contributed by atoms with Gasteiger partial charge in [-0.3, -0.25) is 10.7 Å². The van der Waals surface area contributed by atoms with Gasteiger partial charge in [0.1, 0.15) is 11.2 Å². The average molecular weight is 269 g/mol. The summed E-state index contributed by atoms with van der Waals surface area (Å²) in [7, 11) is 1.94. The van der Waals surface area contributed by atoms with E-state index in [1.165, 1.54) is 16.9 Å². The van der Waals surface area contributed by atoms with E-state index in [2.05, 4.69) is 16.9 Å². The van der Waals surface area contributed by atoms with Crippen molar-refractivity contribution in [3.63, 3.8) is 0 Å². The molecule has 0 amide bonds. The molecule has 1 aliphatic rings. The van der Waals surface area contributed by atoms with Crippen LogP contribution in [0, 0.1) is 0 Å². The lowest BCUT2D eigenvalue weighted by Gasteiger charge is -2.26. The van der Waals surface area contributed by atoms with Crippen molar-refractivity contribution in [1.29, 1.82) is 0 Å². The molecule has 2 unspecified atom stereocenters. The first-order valence-electron chi connectivity index (χ1n) is 5.97. The van der Waals surface area contributed by atoms with Gasteiger partial charge in [-0.15, -0.1) is 11.3 Å². The average Bonchev–Trinajstić information content (AvgIpc) is 2.75. The van der Waals surface area contributed by atoms with Gasteiger partial charge in [0.05, 0.1) is 0 Å². The summed E-state index contributed by atoms with van der Waals surface area (Å²) in [5.41, 5.74) is 10.6. The van der Waals surface area contributed by atoms with Crippen LogP contribution in [0.1, 0.15) is 35.6 Å². The van der Waals surface area contributed by atoms with Crippen molar-refractivity contribution in [2.24, 2.45) is 5.73 Å². The number of thiophene rings is 1. The molecule has 6 N–H and O–H groups in total. The topological polar surface area (TPSA) is 90.5 Å². The van der Waals surface area contributed by atoms with Crippen molar-refractivity contribution in [2.45, 2.75) is 32.0 Å². The van der Waals surface area contributed by atoms with Gasteiger partial charge in [0.2, 0.25) is 0 Å². The fourth-order valence-electron chi connectivity index (χ4n) is 2.59. The molecule has 1 aromatic heterocycles. The van der Waals surface area contributed by atoms with Gasteiger partial charge in [-0.05, 0) is 37.9 Å². The van der Waals surface area contributed by atoms with Crippen LogP contribution in [0.25, 0.3) is 5.57 Å².